The number of carbonyl (C=O) groups excluding carboxylic acids is 1. The van der Waals surface area contributed by atoms with Gasteiger partial charge in [0, 0.05) is 18.6 Å². The number of piperidine rings is 1. The number of rotatable bonds is 4. The van der Waals surface area contributed by atoms with Crippen molar-refractivity contribution in [1.82, 2.24) is 4.90 Å². The SMILES string of the molecule is CCCC1CCCCN1C(=O)C(C)C(C)N.Cl. The molecule has 0 saturated carbocycles. The van der Waals surface area contributed by atoms with Gasteiger partial charge in [-0.25, -0.2) is 0 Å². The Morgan fingerprint density at radius 2 is 2.06 bits per heavy atom. The van der Waals surface area contributed by atoms with Gasteiger partial charge in [0.15, 0.2) is 0 Å². The zero-order chi connectivity index (χ0) is 12.1. The van der Waals surface area contributed by atoms with Gasteiger partial charge < -0.3 is 10.6 Å². The highest BCUT2D eigenvalue weighted by Crippen LogP contribution is 2.23. The molecule has 1 aliphatic heterocycles. The Hall–Kier alpha value is -0.280. The van der Waals surface area contributed by atoms with Crippen LogP contribution in [0.3, 0.4) is 0 Å². The quantitative estimate of drug-likeness (QED) is 0.847. The van der Waals surface area contributed by atoms with Gasteiger partial charge in [-0.2, -0.15) is 0 Å². The zero-order valence-electron chi connectivity index (χ0n) is 11.3. The summed E-state index contributed by atoms with van der Waals surface area (Å²) in [6, 6.07) is 0.421. The lowest BCUT2D eigenvalue weighted by Gasteiger charge is -2.38. The summed E-state index contributed by atoms with van der Waals surface area (Å²) < 4.78 is 0. The molecule has 1 amide bonds. The molecule has 102 valence electrons. The second kappa shape index (κ2) is 7.93. The molecule has 1 fully saturated rings. The first-order valence-electron chi connectivity index (χ1n) is 6.64. The molecule has 0 spiro atoms. The molecule has 1 saturated heterocycles. The van der Waals surface area contributed by atoms with Crippen LogP contribution in [0.5, 0.6) is 0 Å². The van der Waals surface area contributed by atoms with Gasteiger partial charge in [-0.3, -0.25) is 4.79 Å². The van der Waals surface area contributed by atoms with E-state index in [-0.39, 0.29) is 30.3 Å². The molecule has 1 heterocycles. The summed E-state index contributed by atoms with van der Waals surface area (Å²) in [5.41, 5.74) is 5.82. The van der Waals surface area contributed by atoms with E-state index in [1.807, 2.05) is 13.8 Å². The van der Waals surface area contributed by atoms with Gasteiger partial charge in [-0.1, -0.05) is 20.3 Å². The van der Waals surface area contributed by atoms with E-state index in [1.54, 1.807) is 0 Å². The van der Waals surface area contributed by atoms with Crippen molar-refractivity contribution in [2.75, 3.05) is 6.54 Å². The number of likely N-dealkylation sites (tertiary alicyclic amines) is 1. The van der Waals surface area contributed by atoms with Crippen molar-refractivity contribution < 1.29 is 4.79 Å². The standard InChI is InChI=1S/C13H26N2O.ClH/c1-4-7-12-8-5-6-9-15(12)13(16)10(2)11(3)14;/h10-12H,4-9,14H2,1-3H3;1H. The molecule has 0 radical (unpaired) electrons. The first-order valence-corrected chi connectivity index (χ1v) is 6.64. The molecule has 4 heteroatoms. The van der Waals surface area contributed by atoms with Crippen molar-refractivity contribution >= 4 is 18.3 Å². The molecular formula is C13H27ClN2O. The second-order valence-corrected chi connectivity index (χ2v) is 5.12. The predicted molar refractivity (Wildman–Crippen MR) is 74.3 cm³/mol. The lowest BCUT2D eigenvalue weighted by atomic mass is 9.94. The zero-order valence-corrected chi connectivity index (χ0v) is 12.1. The molecule has 0 bridgehead atoms. The van der Waals surface area contributed by atoms with Crippen LogP contribution in [0.4, 0.5) is 0 Å². The van der Waals surface area contributed by atoms with Crippen LogP contribution >= 0.6 is 12.4 Å². The number of hydrogen-bond donors (Lipinski definition) is 1. The summed E-state index contributed by atoms with van der Waals surface area (Å²) in [7, 11) is 0. The van der Waals surface area contributed by atoms with Gasteiger partial charge in [-0.15, -0.1) is 12.4 Å². The molecule has 1 rings (SSSR count). The molecule has 0 aromatic heterocycles. The first-order chi connectivity index (χ1) is 7.57. The first kappa shape index (κ1) is 16.7. The van der Waals surface area contributed by atoms with Gasteiger partial charge in [0.25, 0.3) is 0 Å². The highest BCUT2D eigenvalue weighted by molar-refractivity contribution is 5.85. The number of halogens is 1. The molecule has 3 atom stereocenters. The molecule has 3 unspecified atom stereocenters. The topological polar surface area (TPSA) is 46.3 Å². The number of nitrogens with zero attached hydrogens (tertiary/aromatic N) is 1. The second-order valence-electron chi connectivity index (χ2n) is 5.12. The van der Waals surface area contributed by atoms with Crippen LogP contribution in [-0.4, -0.2) is 29.4 Å². The fourth-order valence-corrected chi connectivity index (χ4v) is 2.41. The third-order valence-corrected chi connectivity index (χ3v) is 3.71. The Labute approximate surface area is 112 Å². The lowest BCUT2D eigenvalue weighted by molar-refractivity contribution is -0.139. The highest BCUT2D eigenvalue weighted by atomic mass is 35.5. The van der Waals surface area contributed by atoms with Crippen molar-refractivity contribution in [1.29, 1.82) is 0 Å². The minimum Gasteiger partial charge on any atom is -0.339 e. The van der Waals surface area contributed by atoms with Gasteiger partial charge in [0.2, 0.25) is 5.91 Å². The van der Waals surface area contributed by atoms with E-state index in [4.69, 9.17) is 5.73 Å². The van der Waals surface area contributed by atoms with Crippen molar-refractivity contribution in [3.05, 3.63) is 0 Å². The summed E-state index contributed by atoms with van der Waals surface area (Å²) in [6.07, 6.45) is 5.88. The fraction of sp³-hybridized carbons (Fsp3) is 0.923. The summed E-state index contributed by atoms with van der Waals surface area (Å²) in [5.74, 6) is 0.214. The summed E-state index contributed by atoms with van der Waals surface area (Å²) >= 11 is 0. The number of carbonyl (C=O) groups is 1. The lowest BCUT2D eigenvalue weighted by Crippen LogP contribution is -2.48. The normalized spacial score (nSPS) is 23.8. The molecule has 0 aliphatic carbocycles. The van der Waals surface area contributed by atoms with E-state index in [9.17, 15) is 4.79 Å². The highest BCUT2D eigenvalue weighted by Gasteiger charge is 2.30. The van der Waals surface area contributed by atoms with Gasteiger partial charge in [0.05, 0.1) is 5.92 Å². The predicted octanol–water partition coefficient (Wildman–Crippen LogP) is 2.57. The van der Waals surface area contributed by atoms with Crippen LogP contribution in [0, 0.1) is 5.92 Å². The van der Waals surface area contributed by atoms with E-state index in [2.05, 4.69) is 11.8 Å². The average molecular weight is 263 g/mol. The summed E-state index contributed by atoms with van der Waals surface area (Å²) in [6.45, 7) is 6.98. The van der Waals surface area contributed by atoms with Crippen LogP contribution in [-0.2, 0) is 4.79 Å². The average Bonchev–Trinajstić information content (AvgIpc) is 2.28. The largest absolute Gasteiger partial charge is 0.339 e. The Morgan fingerprint density at radius 1 is 1.41 bits per heavy atom. The maximum Gasteiger partial charge on any atom is 0.227 e. The van der Waals surface area contributed by atoms with E-state index in [1.165, 1.54) is 12.8 Å². The van der Waals surface area contributed by atoms with Crippen LogP contribution in [0.2, 0.25) is 0 Å². The van der Waals surface area contributed by atoms with Gasteiger partial charge in [0.1, 0.15) is 0 Å². The summed E-state index contributed by atoms with van der Waals surface area (Å²) in [5, 5.41) is 0. The van der Waals surface area contributed by atoms with Crippen LogP contribution in [0.15, 0.2) is 0 Å². The summed E-state index contributed by atoms with van der Waals surface area (Å²) in [4.78, 5) is 14.4. The van der Waals surface area contributed by atoms with Crippen molar-refractivity contribution in [3.8, 4) is 0 Å². The molecule has 0 aromatic carbocycles. The van der Waals surface area contributed by atoms with Crippen LogP contribution < -0.4 is 5.73 Å². The number of nitrogens with two attached hydrogens (primary N) is 1. The van der Waals surface area contributed by atoms with Crippen molar-refractivity contribution in [2.45, 2.75) is 65.0 Å². The van der Waals surface area contributed by atoms with Crippen LogP contribution in [0.1, 0.15) is 52.9 Å². The Morgan fingerprint density at radius 3 is 2.59 bits per heavy atom. The fourth-order valence-electron chi connectivity index (χ4n) is 2.41. The third kappa shape index (κ3) is 4.47. The maximum atomic E-state index is 12.3. The number of amides is 1. The molecule has 1 aliphatic rings. The molecule has 17 heavy (non-hydrogen) atoms. The van der Waals surface area contributed by atoms with Gasteiger partial charge in [-0.05, 0) is 32.6 Å². The van der Waals surface area contributed by atoms with Crippen LogP contribution in [0.25, 0.3) is 0 Å². The van der Waals surface area contributed by atoms with E-state index in [0.717, 1.165) is 25.8 Å². The van der Waals surface area contributed by atoms with E-state index in [0.29, 0.717) is 6.04 Å². The monoisotopic (exact) mass is 262 g/mol. The smallest absolute Gasteiger partial charge is 0.227 e. The molecule has 2 N–H and O–H groups in total. The third-order valence-electron chi connectivity index (χ3n) is 3.71. The number of hydrogen-bond acceptors (Lipinski definition) is 2. The Balaban J connectivity index is 0.00000256. The Bertz CT molecular complexity index is 231. The maximum absolute atomic E-state index is 12.3. The van der Waals surface area contributed by atoms with Gasteiger partial charge >= 0.3 is 0 Å². The van der Waals surface area contributed by atoms with Crippen molar-refractivity contribution in [2.24, 2.45) is 11.7 Å². The van der Waals surface area contributed by atoms with Crippen molar-refractivity contribution in [3.63, 3.8) is 0 Å². The minimum atomic E-state index is -0.0447. The van der Waals surface area contributed by atoms with E-state index >= 15 is 0 Å². The molecule has 3 nitrogen and oxygen atoms in total. The molecule has 0 aromatic rings. The van der Waals surface area contributed by atoms with E-state index < -0.39 is 0 Å². The Kier molecular flexibility index (Phi) is 7.80. The molecular weight excluding hydrogens is 236 g/mol. The minimum absolute atomic E-state index is 0.